The minimum absolute atomic E-state index is 0.0736. The molecule has 0 spiro atoms. The van der Waals surface area contributed by atoms with Gasteiger partial charge in [0.05, 0.1) is 38.8 Å². The van der Waals surface area contributed by atoms with Crippen molar-refractivity contribution in [3.05, 3.63) is 88.0 Å². The van der Waals surface area contributed by atoms with E-state index in [0.29, 0.717) is 39.3 Å². The number of hydrogen-bond donors (Lipinski definition) is 0. The van der Waals surface area contributed by atoms with Crippen LogP contribution in [-0.4, -0.2) is 25.9 Å². The van der Waals surface area contributed by atoms with Crippen molar-refractivity contribution in [2.45, 2.75) is 6.54 Å². The molecular formula is C26H21FN2O4. The Labute approximate surface area is 190 Å². The van der Waals surface area contributed by atoms with Crippen molar-refractivity contribution in [1.29, 1.82) is 5.26 Å². The Morgan fingerprint density at radius 1 is 0.939 bits per heavy atom. The van der Waals surface area contributed by atoms with Gasteiger partial charge in [0.25, 0.3) is 5.56 Å². The second-order valence-corrected chi connectivity index (χ2v) is 7.29. The maximum atomic E-state index is 13.7. The standard InChI is InChI=1S/C26H21FN2O4/c1-31-21-13-20-23(25(33-3)24(21)32-2)22(17-9-11-18(27)12-10-17)19(14-28)26(30)29(20)15-16-7-5-4-6-8-16/h4-13H,15H2,1-3H3. The Bertz CT molecular complexity index is 1420. The second kappa shape index (κ2) is 9.05. The van der Waals surface area contributed by atoms with Crippen LogP contribution in [0, 0.1) is 17.1 Å². The maximum Gasteiger partial charge on any atom is 0.269 e. The van der Waals surface area contributed by atoms with Crippen molar-refractivity contribution >= 4 is 10.9 Å². The van der Waals surface area contributed by atoms with Crippen molar-refractivity contribution in [1.82, 2.24) is 4.57 Å². The van der Waals surface area contributed by atoms with E-state index >= 15 is 0 Å². The fourth-order valence-electron chi connectivity index (χ4n) is 4.01. The fraction of sp³-hybridized carbons (Fsp3) is 0.154. The van der Waals surface area contributed by atoms with Gasteiger partial charge in [-0.05, 0) is 23.3 Å². The number of methoxy groups -OCH3 is 3. The molecule has 4 rings (SSSR count). The smallest absolute Gasteiger partial charge is 0.269 e. The summed E-state index contributed by atoms with van der Waals surface area (Å²) in [6.07, 6.45) is 0. The van der Waals surface area contributed by atoms with Crippen LogP contribution in [0.25, 0.3) is 22.0 Å². The lowest BCUT2D eigenvalue weighted by atomic mass is 9.95. The zero-order valence-electron chi connectivity index (χ0n) is 18.4. The van der Waals surface area contributed by atoms with Crippen LogP contribution in [-0.2, 0) is 6.54 Å². The average Bonchev–Trinajstić information content (AvgIpc) is 2.85. The molecular weight excluding hydrogens is 423 g/mol. The SMILES string of the molecule is COc1cc2c(c(OC)c1OC)c(-c1ccc(F)cc1)c(C#N)c(=O)n2Cc1ccccc1. The first-order valence-electron chi connectivity index (χ1n) is 10.1. The minimum Gasteiger partial charge on any atom is -0.493 e. The molecule has 0 bridgehead atoms. The molecule has 0 radical (unpaired) electrons. The van der Waals surface area contributed by atoms with Crippen LogP contribution in [0.1, 0.15) is 11.1 Å². The largest absolute Gasteiger partial charge is 0.493 e. The van der Waals surface area contributed by atoms with E-state index in [-0.39, 0.29) is 12.1 Å². The number of halogens is 1. The predicted octanol–water partition coefficient (Wildman–Crippen LogP) is 4.75. The molecule has 0 aliphatic heterocycles. The number of pyridine rings is 1. The van der Waals surface area contributed by atoms with E-state index in [1.807, 2.05) is 30.3 Å². The third-order valence-corrected chi connectivity index (χ3v) is 5.49. The van der Waals surface area contributed by atoms with Crippen molar-refractivity contribution in [3.8, 4) is 34.4 Å². The molecule has 7 heteroatoms. The number of ether oxygens (including phenoxy) is 3. The molecule has 1 aromatic heterocycles. The van der Waals surface area contributed by atoms with E-state index in [0.717, 1.165) is 5.56 Å². The van der Waals surface area contributed by atoms with Crippen molar-refractivity contribution in [2.24, 2.45) is 0 Å². The molecule has 0 N–H and O–H groups in total. The highest BCUT2D eigenvalue weighted by atomic mass is 19.1. The molecule has 33 heavy (non-hydrogen) atoms. The third-order valence-electron chi connectivity index (χ3n) is 5.49. The second-order valence-electron chi connectivity index (χ2n) is 7.29. The van der Waals surface area contributed by atoms with Gasteiger partial charge in [0, 0.05) is 11.6 Å². The Hall–Kier alpha value is -4.31. The molecule has 0 unspecified atom stereocenters. The minimum atomic E-state index is -0.470. The van der Waals surface area contributed by atoms with Crippen LogP contribution in [0.3, 0.4) is 0 Å². The van der Waals surface area contributed by atoms with Crippen LogP contribution in [0.2, 0.25) is 0 Å². The van der Waals surface area contributed by atoms with Crippen LogP contribution in [0.5, 0.6) is 17.2 Å². The van der Waals surface area contributed by atoms with E-state index < -0.39 is 11.4 Å². The zero-order valence-corrected chi connectivity index (χ0v) is 18.4. The number of benzene rings is 3. The summed E-state index contributed by atoms with van der Waals surface area (Å²) in [5.41, 5.74) is 1.69. The highest BCUT2D eigenvalue weighted by Gasteiger charge is 2.26. The van der Waals surface area contributed by atoms with Gasteiger partial charge in [-0.2, -0.15) is 5.26 Å². The maximum absolute atomic E-state index is 13.7. The van der Waals surface area contributed by atoms with Crippen LogP contribution < -0.4 is 19.8 Å². The van der Waals surface area contributed by atoms with Crippen LogP contribution in [0.4, 0.5) is 4.39 Å². The van der Waals surface area contributed by atoms with Gasteiger partial charge in [-0.15, -0.1) is 0 Å². The molecule has 1 heterocycles. The summed E-state index contributed by atoms with van der Waals surface area (Å²) >= 11 is 0. The highest BCUT2D eigenvalue weighted by Crippen LogP contribution is 2.47. The van der Waals surface area contributed by atoms with E-state index in [1.165, 1.54) is 50.2 Å². The quantitative estimate of drug-likeness (QED) is 0.429. The summed E-state index contributed by atoms with van der Waals surface area (Å²) in [5, 5.41) is 10.5. The first-order valence-corrected chi connectivity index (χ1v) is 10.1. The van der Waals surface area contributed by atoms with Gasteiger partial charge in [-0.1, -0.05) is 42.5 Å². The summed E-state index contributed by atoms with van der Waals surface area (Å²) in [5.74, 6) is 0.581. The van der Waals surface area contributed by atoms with Gasteiger partial charge in [-0.3, -0.25) is 4.79 Å². The molecule has 0 fully saturated rings. The molecule has 0 saturated heterocycles. The lowest BCUT2D eigenvalue weighted by molar-refractivity contribution is 0.327. The molecule has 6 nitrogen and oxygen atoms in total. The summed E-state index contributed by atoms with van der Waals surface area (Å²) in [7, 11) is 4.45. The number of fused-ring (bicyclic) bond motifs is 1. The first-order chi connectivity index (χ1) is 16.0. The molecule has 0 aliphatic rings. The van der Waals surface area contributed by atoms with Crippen LogP contribution in [0.15, 0.2) is 65.5 Å². The molecule has 0 amide bonds. The fourth-order valence-corrected chi connectivity index (χ4v) is 4.01. The number of nitriles is 1. The molecule has 0 atom stereocenters. The number of aromatic nitrogens is 1. The van der Waals surface area contributed by atoms with Gasteiger partial charge in [-0.25, -0.2) is 4.39 Å². The number of hydrogen-bond acceptors (Lipinski definition) is 5. The monoisotopic (exact) mass is 444 g/mol. The topological polar surface area (TPSA) is 73.5 Å². The van der Waals surface area contributed by atoms with E-state index in [2.05, 4.69) is 6.07 Å². The van der Waals surface area contributed by atoms with Gasteiger partial charge < -0.3 is 18.8 Å². The zero-order chi connectivity index (χ0) is 23.5. The summed E-state index contributed by atoms with van der Waals surface area (Å²) in [4.78, 5) is 13.6. The van der Waals surface area contributed by atoms with E-state index in [4.69, 9.17) is 14.2 Å². The Morgan fingerprint density at radius 2 is 1.61 bits per heavy atom. The average molecular weight is 444 g/mol. The molecule has 4 aromatic rings. The van der Waals surface area contributed by atoms with Gasteiger partial charge >= 0.3 is 0 Å². The summed E-state index contributed by atoms with van der Waals surface area (Å²) < 4.78 is 32.0. The van der Waals surface area contributed by atoms with Crippen LogP contribution >= 0.6 is 0 Å². The molecule has 166 valence electrons. The van der Waals surface area contributed by atoms with Gasteiger partial charge in [0.1, 0.15) is 17.4 Å². The predicted molar refractivity (Wildman–Crippen MR) is 124 cm³/mol. The molecule has 3 aromatic carbocycles. The van der Waals surface area contributed by atoms with Crippen molar-refractivity contribution in [3.63, 3.8) is 0 Å². The molecule has 0 saturated carbocycles. The lowest BCUT2D eigenvalue weighted by Gasteiger charge is -2.21. The Morgan fingerprint density at radius 3 is 2.18 bits per heavy atom. The summed E-state index contributed by atoms with van der Waals surface area (Å²) in [6.45, 7) is 0.229. The third kappa shape index (κ3) is 3.76. The summed E-state index contributed by atoms with van der Waals surface area (Å²) in [6, 6.07) is 18.8. The normalized spacial score (nSPS) is 10.6. The van der Waals surface area contributed by atoms with E-state index in [1.54, 1.807) is 6.07 Å². The van der Waals surface area contributed by atoms with Gasteiger partial charge in [0.15, 0.2) is 11.5 Å². The Balaban J connectivity index is 2.21. The molecule has 0 aliphatic carbocycles. The first kappa shape index (κ1) is 21.9. The highest BCUT2D eigenvalue weighted by molar-refractivity contribution is 6.04. The van der Waals surface area contributed by atoms with E-state index in [9.17, 15) is 14.4 Å². The van der Waals surface area contributed by atoms with Crippen molar-refractivity contribution < 1.29 is 18.6 Å². The lowest BCUT2D eigenvalue weighted by Crippen LogP contribution is -2.25. The Kier molecular flexibility index (Phi) is 6.01. The van der Waals surface area contributed by atoms with Crippen molar-refractivity contribution in [2.75, 3.05) is 21.3 Å². The number of rotatable bonds is 6. The number of nitrogens with zero attached hydrogens (tertiary/aromatic N) is 2. The van der Waals surface area contributed by atoms with Gasteiger partial charge in [0.2, 0.25) is 5.75 Å².